The predicted molar refractivity (Wildman–Crippen MR) is 77.7 cm³/mol. The average molecular weight is 306 g/mol. The molecule has 1 atom stereocenters. The van der Waals surface area contributed by atoms with Gasteiger partial charge in [-0.2, -0.15) is 0 Å². The third-order valence-electron chi connectivity index (χ3n) is 2.75. The van der Waals surface area contributed by atoms with Crippen LogP contribution in [0.15, 0.2) is 53.0 Å². The Hall–Kier alpha value is -1.32. The Morgan fingerprint density at radius 2 is 1.67 bits per heavy atom. The lowest BCUT2D eigenvalue weighted by Gasteiger charge is -2.13. The summed E-state index contributed by atoms with van der Waals surface area (Å²) in [4.78, 5) is 0. The zero-order chi connectivity index (χ0) is 13.0. The number of benzene rings is 2. The fraction of sp³-hybridized carbons (Fsp3) is 0.200. The molecule has 2 aromatic carbocycles. The summed E-state index contributed by atoms with van der Waals surface area (Å²) in [5.74, 6) is 0.855. The lowest BCUT2D eigenvalue weighted by Crippen LogP contribution is -2.18. The Kier molecular flexibility index (Phi) is 4.39. The van der Waals surface area contributed by atoms with Gasteiger partial charge >= 0.3 is 0 Å². The van der Waals surface area contributed by atoms with E-state index in [0.29, 0.717) is 6.61 Å². The summed E-state index contributed by atoms with van der Waals surface area (Å²) in [7, 11) is 0. The molecule has 18 heavy (non-hydrogen) atoms. The molecule has 0 aliphatic rings. The summed E-state index contributed by atoms with van der Waals surface area (Å²) in [5, 5.41) is 0. The summed E-state index contributed by atoms with van der Waals surface area (Å²) in [6.45, 7) is 2.53. The molecular weight excluding hydrogens is 290 g/mol. The van der Waals surface area contributed by atoms with Crippen LogP contribution in [-0.4, -0.2) is 6.61 Å². The zero-order valence-electron chi connectivity index (χ0n) is 10.3. The first-order valence-corrected chi connectivity index (χ1v) is 6.65. The lowest BCUT2D eigenvalue weighted by atomic mass is 10.1. The highest BCUT2D eigenvalue weighted by molar-refractivity contribution is 9.10. The van der Waals surface area contributed by atoms with E-state index in [0.717, 1.165) is 15.8 Å². The van der Waals surface area contributed by atoms with Crippen LogP contribution in [0.3, 0.4) is 0 Å². The van der Waals surface area contributed by atoms with Crippen LogP contribution in [0.25, 0.3) is 0 Å². The minimum absolute atomic E-state index is 0.112. The quantitative estimate of drug-likeness (QED) is 0.931. The van der Waals surface area contributed by atoms with Gasteiger partial charge in [-0.25, -0.2) is 0 Å². The Morgan fingerprint density at radius 3 is 2.28 bits per heavy atom. The molecule has 0 saturated heterocycles. The highest BCUT2D eigenvalue weighted by Crippen LogP contribution is 2.17. The van der Waals surface area contributed by atoms with Gasteiger partial charge in [0.2, 0.25) is 0 Å². The Balaban J connectivity index is 1.93. The average Bonchev–Trinajstić information content (AvgIpc) is 2.38. The van der Waals surface area contributed by atoms with Crippen molar-refractivity contribution in [3.8, 4) is 5.75 Å². The molecular formula is C15H16BrNO. The highest BCUT2D eigenvalue weighted by Gasteiger charge is 2.06. The molecule has 0 radical (unpaired) electrons. The lowest BCUT2D eigenvalue weighted by molar-refractivity contribution is 0.290. The number of aryl methyl sites for hydroxylation is 1. The van der Waals surface area contributed by atoms with Crippen LogP contribution in [0.5, 0.6) is 5.75 Å². The Morgan fingerprint density at radius 1 is 1.06 bits per heavy atom. The number of nitrogens with two attached hydrogens (primary N) is 1. The molecule has 0 fully saturated rings. The van der Waals surface area contributed by atoms with Crippen molar-refractivity contribution < 1.29 is 4.74 Å². The molecule has 3 heteroatoms. The van der Waals surface area contributed by atoms with E-state index >= 15 is 0 Å². The molecule has 2 N–H and O–H groups in total. The molecule has 0 aliphatic heterocycles. The Labute approximate surface area is 116 Å². The van der Waals surface area contributed by atoms with Gasteiger partial charge in [-0.3, -0.25) is 0 Å². The standard InChI is InChI=1S/C15H16BrNO/c1-11-2-8-14(9-3-11)18-10-15(17)12-4-6-13(16)7-5-12/h2-9,15H,10,17H2,1H3. The maximum absolute atomic E-state index is 6.08. The van der Waals surface area contributed by atoms with E-state index in [2.05, 4.69) is 22.9 Å². The fourth-order valence-corrected chi connectivity index (χ4v) is 1.89. The number of ether oxygens (including phenoxy) is 1. The van der Waals surface area contributed by atoms with Gasteiger partial charge in [-0.15, -0.1) is 0 Å². The van der Waals surface area contributed by atoms with Crippen molar-refractivity contribution in [2.45, 2.75) is 13.0 Å². The maximum atomic E-state index is 6.08. The van der Waals surface area contributed by atoms with Crippen molar-refractivity contribution in [1.82, 2.24) is 0 Å². The first-order chi connectivity index (χ1) is 8.65. The summed E-state index contributed by atoms with van der Waals surface area (Å²) in [5.41, 5.74) is 8.38. The second-order valence-corrected chi connectivity index (χ2v) is 5.20. The van der Waals surface area contributed by atoms with Gasteiger partial charge in [0.15, 0.2) is 0 Å². The van der Waals surface area contributed by atoms with Crippen molar-refractivity contribution in [3.63, 3.8) is 0 Å². The summed E-state index contributed by atoms with van der Waals surface area (Å²) >= 11 is 3.40. The summed E-state index contributed by atoms with van der Waals surface area (Å²) in [6.07, 6.45) is 0. The van der Waals surface area contributed by atoms with Crippen molar-refractivity contribution in [2.24, 2.45) is 5.73 Å². The second kappa shape index (κ2) is 6.03. The van der Waals surface area contributed by atoms with E-state index < -0.39 is 0 Å². The largest absolute Gasteiger partial charge is 0.492 e. The number of rotatable bonds is 4. The third-order valence-corrected chi connectivity index (χ3v) is 3.28. The molecule has 2 aromatic rings. The number of hydrogen-bond donors (Lipinski definition) is 1. The van der Waals surface area contributed by atoms with Crippen LogP contribution in [0, 0.1) is 6.92 Å². The van der Waals surface area contributed by atoms with E-state index in [1.165, 1.54) is 5.56 Å². The first kappa shape index (κ1) is 13.1. The van der Waals surface area contributed by atoms with Crippen molar-refractivity contribution >= 4 is 15.9 Å². The SMILES string of the molecule is Cc1ccc(OCC(N)c2ccc(Br)cc2)cc1. The van der Waals surface area contributed by atoms with Gasteiger partial charge in [0.05, 0.1) is 6.04 Å². The third kappa shape index (κ3) is 3.59. The molecule has 0 spiro atoms. The van der Waals surface area contributed by atoms with Gasteiger partial charge in [-0.05, 0) is 36.8 Å². The minimum atomic E-state index is -0.112. The van der Waals surface area contributed by atoms with Crippen LogP contribution < -0.4 is 10.5 Å². The molecule has 0 aliphatic carbocycles. The molecule has 1 unspecified atom stereocenters. The van der Waals surface area contributed by atoms with Crippen LogP contribution in [-0.2, 0) is 0 Å². The minimum Gasteiger partial charge on any atom is -0.492 e. The molecule has 2 rings (SSSR count). The van der Waals surface area contributed by atoms with E-state index in [1.54, 1.807) is 0 Å². The van der Waals surface area contributed by atoms with Crippen molar-refractivity contribution in [3.05, 3.63) is 64.1 Å². The van der Waals surface area contributed by atoms with Crippen molar-refractivity contribution in [1.29, 1.82) is 0 Å². The van der Waals surface area contributed by atoms with Gasteiger partial charge < -0.3 is 10.5 Å². The number of halogens is 1. The van der Waals surface area contributed by atoms with Gasteiger partial charge in [-0.1, -0.05) is 45.8 Å². The monoisotopic (exact) mass is 305 g/mol. The first-order valence-electron chi connectivity index (χ1n) is 5.85. The van der Waals surface area contributed by atoms with Crippen LogP contribution in [0.1, 0.15) is 17.2 Å². The zero-order valence-corrected chi connectivity index (χ0v) is 11.9. The van der Waals surface area contributed by atoms with E-state index in [4.69, 9.17) is 10.5 Å². The van der Waals surface area contributed by atoms with E-state index in [9.17, 15) is 0 Å². The number of hydrogen-bond acceptors (Lipinski definition) is 2. The normalized spacial score (nSPS) is 12.2. The smallest absolute Gasteiger partial charge is 0.119 e. The molecule has 0 aromatic heterocycles. The van der Waals surface area contributed by atoms with Crippen LogP contribution in [0.4, 0.5) is 0 Å². The van der Waals surface area contributed by atoms with E-state index in [-0.39, 0.29) is 6.04 Å². The van der Waals surface area contributed by atoms with Gasteiger partial charge in [0.25, 0.3) is 0 Å². The predicted octanol–water partition coefficient (Wildman–Crippen LogP) is 3.84. The van der Waals surface area contributed by atoms with Crippen LogP contribution >= 0.6 is 15.9 Å². The maximum Gasteiger partial charge on any atom is 0.119 e. The Bertz CT molecular complexity index is 493. The molecule has 0 saturated carbocycles. The van der Waals surface area contributed by atoms with E-state index in [1.807, 2.05) is 48.5 Å². The van der Waals surface area contributed by atoms with Crippen molar-refractivity contribution in [2.75, 3.05) is 6.61 Å². The molecule has 94 valence electrons. The molecule has 0 heterocycles. The molecule has 0 amide bonds. The topological polar surface area (TPSA) is 35.2 Å². The van der Waals surface area contributed by atoms with Gasteiger partial charge in [0.1, 0.15) is 12.4 Å². The summed E-state index contributed by atoms with van der Waals surface area (Å²) in [6, 6.07) is 15.9. The fourth-order valence-electron chi connectivity index (χ4n) is 1.63. The summed E-state index contributed by atoms with van der Waals surface area (Å²) < 4.78 is 6.72. The van der Waals surface area contributed by atoms with Crippen LogP contribution in [0.2, 0.25) is 0 Å². The second-order valence-electron chi connectivity index (χ2n) is 4.28. The molecule has 2 nitrogen and oxygen atoms in total. The van der Waals surface area contributed by atoms with Gasteiger partial charge in [0, 0.05) is 4.47 Å². The molecule has 0 bridgehead atoms. The highest BCUT2D eigenvalue weighted by atomic mass is 79.9.